The zero-order valence-electron chi connectivity index (χ0n) is 15.3. The highest BCUT2D eigenvalue weighted by Crippen LogP contribution is 2.34. The quantitative estimate of drug-likeness (QED) is 0.589. The molecule has 3 aromatic heterocycles. The predicted octanol–water partition coefficient (Wildman–Crippen LogP) is 2.51. The number of allylic oxidation sites excluding steroid dienone is 1. The van der Waals surface area contributed by atoms with Crippen LogP contribution in [0.1, 0.15) is 22.9 Å². The maximum atomic E-state index is 13.3. The Balaban J connectivity index is 2.39. The first kappa shape index (κ1) is 19.3. The SMILES string of the molecule is CN/C=C\C(=N)c1nc(N)n2nc(C)nc2c1-c1cc(C)nc(C(F)(F)F)c1. The van der Waals surface area contributed by atoms with Crippen molar-refractivity contribution in [2.75, 3.05) is 12.8 Å². The number of nitrogens with two attached hydrogens (primary N) is 1. The molecule has 0 aliphatic heterocycles. The second kappa shape index (κ2) is 6.91. The van der Waals surface area contributed by atoms with E-state index in [4.69, 9.17) is 11.1 Å². The topological polar surface area (TPSA) is 118 Å². The van der Waals surface area contributed by atoms with E-state index < -0.39 is 11.9 Å². The number of halogens is 3. The van der Waals surface area contributed by atoms with Crippen LogP contribution in [0.4, 0.5) is 19.1 Å². The lowest BCUT2D eigenvalue weighted by molar-refractivity contribution is -0.141. The van der Waals surface area contributed by atoms with Gasteiger partial charge in [0, 0.05) is 12.7 Å². The fourth-order valence-corrected chi connectivity index (χ4v) is 2.72. The van der Waals surface area contributed by atoms with Crippen LogP contribution in [0.5, 0.6) is 0 Å². The van der Waals surface area contributed by atoms with Gasteiger partial charge in [0.15, 0.2) is 5.65 Å². The molecule has 0 spiro atoms. The fourth-order valence-electron chi connectivity index (χ4n) is 2.72. The van der Waals surface area contributed by atoms with E-state index in [0.717, 1.165) is 6.07 Å². The molecule has 3 aromatic rings. The van der Waals surface area contributed by atoms with Crippen LogP contribution in [0.15, 0.2) is 24.4 Å². The third kappa shape index (κ3) is 3.50. The number of hydrogen-bond acceptors (Lipinski definition) is 7. The lowest BCUT2D eigenvalue weighted by Gasteiger charge is -2.14. The average Bonchev–Trinajstić information content (AvgIpc) is 3.00. The molecule has 0 atom stereocenters. The number of alkyl halides is 3. The van der Waals surface area contributed by atoms with E-state index in [2.05, 4.69) is 25.4 Å². The van der Waals surface area contributed by atoms with Gasteiger partial charge in [-0.2, -0.15) is 17.7 Å². The summed E-state index contributed by atoms with van der Waals surface area (Å²) in [6, 6.07) is 2.38. The maximum absolute atomic E-state index is 13.3. The van der Waals surface area contributed by atoms with Crippen molar-refractivity contribution in [3.05, 3.63) is 47.3 Å². The number of hydrogen-bond donors (Lipinski definition) is 3. The van der Waals surface area contributed by atoms with E-state index in [1.54, 1.807) is 14.0 Å². The van der Waals surface area contributed by atoms with Crippen LogP contribution in [0, 0.1) is 19.3 Å². The smallest absolute Gasteiger partial charge is 0.394 e. The number of nitrogen functional groups attached to an aromatic ring is 1. The highest BCUT2D eigenvalue weighted by Gasteiger charge is 2.33. The normalized spacial score (nSPS) is 12.1. The minimum absolute atomic E-state index is 0.0289. The van der Waals surface area contributed by atoms with Crippen molar-refractivity contribution < 1.29 is 13.2 Å². The van der Waals surface area contributed by atoms with Gasteiger partial charge in [0.1, 0.15) is 17.2 Å². The van der Waals surface area contributed by atoms with E-state index in [1.165, 1.54) is 29.8 Å². The summed E-state index contributed by atoms with van der Waals surface area (Å²) in [6.07, 6.45) is -1.70. The van der Waals surface area contributed by atoms with Gasteiger partial charge in [0.05, 0.1) is 11.3 Å². The third-order valence-electron chi connectivity index (χ3n) is 3.82. The summed E-state index contributed by atoms with van der Waals surface area (Å²) in [5, 5.41) is 15.2. The fraction of sp³-hybridized carbons (Fsp3) is 0.235. The van der Waals surface area contributed by atoms with Crippen molar-refractivity contribution >= 4 is 17.3 Å². The minimum Gasteiger partial charge on any atom is -0.394 e. The molecule has 4 N–H and O–H groups in total. The van der Waals surface area contributed by atoms with Crippen LogP contribution >= 0.6 is 0 Å². The Morgan fingerprint density at radius 3 is 2.57 bits per heavy atom. The molecule has 0 saturated carbocycles. The highest BCUT2D eigenvalue weighted by atomic mass is 19.4. The molecule has 0 saturated heterocycles. The molecule has 0 bridgehead atoms. The molecule has 0 aliphatic carbocycles. The summed E-state index contributed by atoms with van der Waals surface area (Å²) in [6.45, 7) is 3.09. The number of aromatic nitrogens is 5. The first-order valence-electron chi connectivity index (χ1n) is 8.13. The molecule has 28 heavy (non-hydrogen) atoms. The van der Waals surface area contributed by atoms with Gasteiger partial charge >= 0.3 is 6.18 Å². The number of aryl methyl sites for hydroxylation is 2. The van der Waals surface area contributed by atoms with E-state index in [1.807, 2.05) is 0 Å². The molecule has 146 valence electrons. The van der Waals surface area contributed by atoms with Gasteiger partial charge in [-0.15, -0.1) is 5.10 Å². The Bertz CT molecular complexity index is 1100. The lowest BCUT2D eigenvalue weighted by Crippen LogP contribution is -2.13. The van der Waals surface area contributed by atoms with Crippen molar-refractivity contribution in [3.8, 4) is 11.1 Å². The molecule has 11 heteroatoms. The number of nitrogens with one attached hydrogen (secondary N) is 2. The van der Waals surface area contributed by atoms with Gasteiger partial charge in [0.2, 0.25) is 5.95 Å². The number of fused-ring (bicyclic) bond motifs is 1. The molecule has 3 rings (SSSR count). The number of rotatable bonds is 4. The molecule has 0 aliphatic rings. The van der Waals surface area contributed by atoms with Gasteiger partial charge in [-0.1, -0.05) is 0 Å². The summed E-state index contributed by atoms with van der Waals surface area (Å²) in [7, 11) is 1.65. The zero-order valence-corrected chi connectivity index (χ0v) is 15.3. The molecular weight excluding hydrogens is 373 g/mol. The van der Waals surface area contributed by atoms with Crippen molar-refractivity contribution in [2.45, 2.75) is 20.0 Å². The molecule has 0 unspecified atom stereocenters. The molecule has 3 heterocycles. The Kier molecular flexibility index (Phi) is 4.75. The summed E-state index contributed by atoms with van der Waals surface area (Å²) in [5.74, 6) is 0.338. The summed E-state index contributed by atoms with van der Waals surface area (Å²) in [4.78, 5) is 12.1. The van der Waals surface area contributed by atoms with Gasteiger partial charge in [-0.25, -0.2) is 15.0 Å². The number of anilines is 1. The molecule has 0 radical (unpaired) electrons. The lowest BCUT2D eigenvalue weighted by atomic mass is 10.0. The van der Waals surface area contributed by atoms with Crippen LogP contribution in [-0.2, 0) is 6.18 Å². The molecule has 8 nitrogen and oxygen atoms in total. The van der Waals surface area contributed by atoms with E-state index >= 15 is 0 Å². The largest absolute Gasteiger partial charge is 0.433 e. The van der Waals surface area contributed by atoms with Gasteiger partial charge in [0.25, 0.3) is 0 Å². The van der Waals surface area contributed by atoms with Crippen LogP contribution in [-0.4, -0.2) is 37.3 Å². The van der Waals surface area contributed by atoms with Crippen LogP contribution in [0.25, 0.3) is 16.8 Å². The standard InChI is InChI=1S/C17H17F3N8/c1-8-6-10(7-12(24-8)17(18,19)20)13-14(11(21)4-5-23-3)26-16(22)28-15(13)25-9(2)27-28/h4-7,21,23H,1-3H3,(H2,22,26)/b5-4-,21-11?. The van der Waals surface area contributed by atoms with E-state index in [9.17, 15) is 13.2 Å². The maximum Gasteiger partial charge on any atom is 0.433 e. The van der Waals surface area contributed by atoms with Crippen molar-refractivity contribution in [1.29, 1.82) is 5.41 Å². The van der Waals surface area contributed by atoms with Crippen LogP contribution < -0.4 is 11.1 Å². The molecule has 0 aromatic carbocycles. The zero-order chi connectivity index (χ0) is 20.6. The van der Waals surface area contributed by atoms with Crippen molar-refractivity contribution in [1.82, 2.24) is 29.9 Å². The predicted molar refractivity (Wildman–Crippen MR) is 97.9 cm³/mol. The Morgan fingerprint density at radius 2 is 1.93 bits per heavy atom. The third-order valence-corrected chi connectivity index (χ3v) is 3.82. The van der Waals surface area contributed by atoms with E-state index in [0.29, 0.717) is 5.82 Å². The summed E-state index contributed by atoms with van der Waals surface area (Å²) >= 11 is 0. The van der Waals surface area contributed by atoms with Gasteiger partial charge in [-0.3, -0.25) is 5.41 Å². The van der Waals surface area contributed by atoms with E-state index in [-0.39, 0.29) is 39.8 Å². The highest BCUT2D eigenvalue weighted by molar-refractivity contribution is 6.11. The summed E-state index contributed by atoms with van der Waals surface area (Å²) < 4.78 is 41.1. The molecule has 0 fully saturated rings. The second-order valence-corrected chi connectivity index (χ2v) is 6.00. The van der Waals surface area contributed by atoms with Crippen LogP contribution in [0.2, 0.25) is 0 Å². The van der Waals surface area contributed by atoms with Crippen molar-refractivity contribution in [2.24, 2.45) is 0 Å². The summed E-state index contributed by atoms with van der Waals surface area (Å²) in [5.41, 5.74) is 5.68. The van der Waals surface area contributed by atoms with Crippen LogP contribution in [0.3, 0.4) is 0 Å². The molecular formula is C17H17F3N8. The van der Waals surface area contributed by atoms with Gasteiger partial charge in [-0.05, 0) is 43.8 Å². The van der Waals surface area contributed by atoms with Gasteiger partial charge < -0.3 is 11.1 Å². The first-order chi connectivity index (χ1) is 13.1. The number of nitrogens with zero attached hydrogens (tertiary/aromatic N) is 5. The first-order valence-corrected chi connectivity index (χ1v) is 8.13. The molecule has 0 amide bonds. The Labute approximate surface area is 157 Å². The van der Waals surface area contributed by atoms with Crippen molar-refractivity contribution in [3.63, 3.8) is 0 Å². The Hall–Kier alpha value is -3.50. The average molecular weight is 390 g/mol. The minimum atomic E-state index is -4.62. The number of pyridine rings is 1. The Morgan fingerprint density at radius 1 is 1.21 bits per heavy atom. The monoisotopic (exact) mass is 390 g/mol. The second-order valence-electron chi connectivity index (χ2n) is 6.00.